The Bertz CT molecular complexity index is 321. The molecule has 1 heterocycles. The highest BCUT2D eigenvalue weighted by molar-refractivity contribution is 9.10. The van der Waals surface area contributed by atoms with Crippen LogP contribution < -0.4 is 4.74 Å². The van der Waals surface area contributed by atoms with Crippen molar-refractivity contribution in [2.45, 2.75) is 19.1 Å². The van der Waals surface area contributed by atoms with E-state index in [1.807, 2.05) is 0 Å². The zero-order valence-electron chi connectivity index (χ0n) is 7.57. The Kier molecular flexibility index (Phi) is 2.93. The first-order valence-corrected chi connectivity index (χ1v) is 5.32. The van der Waals surface area contributed by atoms with Crippen molar-refractivity contribution in [1.29, 1.82) is 0 Å². The van der Waals surface area contributed by atoms with E-state index in [0.717, 1.165) is 19.4 Å². The quantitative estimate of drug-likeness (QED) is 0.887. The van der Waals surface area contributed by atoms with Crippen LogP contribution in [0.3, 0.4) is 0 Å². The molecule has 1 unspecified atom stereocenters. The fourth-order valence-corrected chi connectivity index (χ4v) is 1.71. The van der Waals surface area contributed by atoms with Crippen LogP contribution in [0.4, 0.5) is 0 Å². The second-order valence-electron chi connectivity index (χ2n) is 3.17. The maximum atomic E-state index is 9.27. The van der Waals surface area contributed by atoms with Gasteiger partial charge in [-0.1, -0.05) is 0 Å². The van der Waals surface area contributed by atoms with Crippen LogP contribution in [0.1, 0.15) is 12.8 Å². The van der Waals surface area contributed by atoms with Gasteiger partial charge in [-0.2, -0.15) is 0 Å². The standard InChI is InChI=1S/C10H11BrO3/c11-8-6-7(3-4-9(8)12)14-10-2-1-5-13-10/h3-4,6,10,12H,1-2,5H2. The molecular weight excluding hydrogens is 248 g/mol. The molecule has 0 spiro atoms. The lowest BCUT2D eigenvalue weighted by Crippen LogP contribution is -2.13. The second-order valence-corrected chi connectivity index (χ2v) is 4.03. The molecule has 1 aliphatic rings. The summed E-state index contributed by atoms with van der Waals surface area (Å²) in [6.07, 6.45) is 1.84. The first-order valence-electron chi connectivity index (χ1n) is 4.52. The van der Waals surface area contributed by atoms with Crippen LogP contribution in [0.2, 0.25) is 0 Å². The summed E-state index contributed by atoms with van der Waals surface area (Å²) in [7, 11) is 0. The maximum Gasteiger partial charge on any atom is 0.199 e. The third-order valence-corrected chi connectivity index (χ3v) is 2.71. The van der Waals surface area contributed by atoms with Gasteiger partial charge in [-0.3, -0.25) is 0 Å². The summed E-state index contributed by atoms with van der Waals surface area (Å²) in [6.45, 7) is 0.768. The van der Waals surface area contributed by atoms with E-state index in [2.05, 4.69) is 15.9 Å². The lowest BCUT2D eigenvalue weighted by molar-refractivity contribution is -0.0391. The van der Waals surface area contributed by atoms with Crippen molar-refractivity contribution in [1.82, 2.24) is 0 Å². The SMILES string of the molecule is Oc1ccc(OC2CCCO2)cc1Br. The van der Waals surface area contributed by atoms with Gasteiger partial charge in [0.05, 0.1) is 11.1 Å². The average Bonchev–Trinajstić information content (AvgIpc) is 2.64. The normalized spacial score (nSPS) is 21.1. The van der Waals surface area contributed by atoms with Gasteiger partial charge in [0.15, 0.2) is 6.29 Å². The highest BCUT2D eigenvalue weighted by Crippen LogP contribution is 2.29. The molecule has 0 saturated carbocycles. The van der Waals surface area contributed by atoms with Crippen LogP contribution in [0.5, 0.6) is 11.5 Å². The predicted octanol–water partition coefficient (Wildman–Crippen LogP) is 2.67. The zero-order valence-corrected chi connectivity index (χ0v) is 9.16. The fraction of sp³-hybridized carbons (Fsp3) is 0.400. The summed E-state index contributed by atoms with van der Waals surface area (Å²) in [4.78, 5) is 0. The van der Waals surface area contributed by atoms with E-state index in [1.165, 1.54) is 0 Å². The van der Waals surface area contributed by atoms with Gasteiger partial charge in [0.1, 0.15) is 11.5 Å². The van der Waals surface area contributed by atoms with Gasteiger partial charge in [-0.25, -0.2) is 0 Å². The summed E-state index contributed by atoms with van der Waals surface area (Å²) >= 11 is 3.22. The van der Waals surface area contributed by atoms with Gasteiger partial charge in [-0.05, 0) is 40.5 Å². The molecule has 4 heteroatoms. The van der Waals surface area contributed by atoms with E-state index in [4.69, 9.17) is 9.47 Å². The molecule has 0 bridgehead atoms. The number of rotatable bonds is 2. The number of phenols is 1. The number of aromatic hydroxyl groups is 1. The van der Waals surface area contributed by atoms with E-state index >= 15 is 0 Å². The van der Waals surface area contributed by atoms with E-state index < -0.39 is 0 Å². The highest BCUT2D eigenvalue weighted by atomic mass is 79.9. The van der Waals surface area contributed by atoms with Crippen LogP contribution in [0, 0.1) is 0 Å². The monoisotopic (exact) mass is 258 g/mol. The molecule has 0 aliphatic carbocycles. The summed E-state index contributed by atoms with van der Waals surface area (Å²) in [6, 6.07) is 5.05. The number of ether oxygens (including phenoxy) is 2. The molecule has 1 aliphatic heterocycles. The minimum absolute atomic E-state index is 0.133. The maximum absolute atomic E-state index is 9.27. The van der Waals surface area contributed by atoms with Crippen molar-refractivity contribution in [2.75, 3.05) is 6.61 Å². The smallest absolute Gasteiger partial charge is 0.199 e. The lowest BCUT2D eigenvalue weighted by atomic mass is 10.3. The third-order valence-electron chi connectivity index (χ3n) is 2.07. The number of benzene rings is 1. The van der Waals surface area contributed by atoms with Crippen molar-refractivity contribution in [2.24, 2.45) is 0 Å². The first-order chi connectivity index (χ1) is 6.75. The van der Waals surface area contributed by atoms with Gasteiger partial charge in [0, 0.05) is 6.42 Å². The highest BCUT2D eigenvalue weighted by Gasteiger charge is 2.17. The van der Waals surface area contributed by atoms with Crippen molar-refractivity contribution in [3.05, 3.63) is 22.7 Å². The molecule has 1 atom stereocenters. The Morgan fingerprint density at radius 1 is 1.50 bits per heavy atom. The molecule has 0 amide bonds. The van der Waals surface area contributed by atoms with E-state index in [9.17, 15) is 5.11 Å². The molecule has 0 aromatic heterocycles. The van der Waals surface area contributed by atoms with Crippen LogP contribution in [-0.4, -0.2) is 18.0 Å². The predicted molar refractivity (Wildman–Crippen MR) is 55.4 cm³/mol. The second kappa shape index (κ2) is 4.19. The van der Waals surface area contributed by atoms with E-state index in [0.29, 0.717) is 10.2 Å². The van der Waals surface area contributed by atoms with Crippen LogP contribution in [0.25, 0.3) is 0 Å². The molecule has 1 saturated heterocycles. The molecule has 14 heavy (non-hydrogen) atoms. The summed E-state index contributed by atoms with van der Waals surface area (Å²) in [5, 5.41) is 9.27. The number of hydrogen-bond acceptors (Lipinski definition) is 3. The van der Waals surface area contributed by atoms with Gasteiger partial charge in [0.25, 0.3) is 0 Å². The van der Waals surface area contributed by atoms with Crippen LogP contribution >= 0.6 is 15.9 Å². The first kappa shape index (κ1) is 9.80. The Balaban J connectivity index is 2.05. The number of hydrogen-bond donors (Lipinski definition) is 1. The Labute approximate surface area is 90.8 Å². The molecule has 1 fully saturated rings. The Morgan fingerprint density at radius 2 is 2.36 bits per heavy atom. The van der Waals surface area contributed by atoms with Gasteiger partial charge in [-0.15, -0.1) is 0 Å². The van der Waals surface area contributed by atoms with E-state index in [1.54, 1.807) is 18.2 Å². The summed E-state index contributed by atoms with van der Waals surface area (Å²) in [5.41, 5.74) is 0. The minimum atomic E-state index is -0.133. The van der Waals surface area contributed by atoms with Gasteiger partial charge in [0.2, 0.25) is 0 Å². The molecule has 1 aromatic rings. The molecule has 1 aromatic carbocycles. The molecule has 2 rings (SSSR count). The third kappa shape index (κ3) is 2.19. The van der Waals surface area contributed by atoms with Crippen LogP contribution in [0.15, 0.2) is 22.7 Å². The number of halogens is 1. The molecule has 3 nitrogen and oxygen atoms in total. The Morgan fingerprint density at radius 3 is 3.00 bits per heavy atom. The summed E-state index contributed by atoms with van der Waals surface area (Å²) < 4.78 is 11.5. The number of phenolic OH excluding ortho intramolecular Hbond substituents is 1. The molecule has 0 radical (unpaired) electrons. The molecular formula is C10H11BrO3. The Hall–Kier alpha value is -0.740. The molecule has 1 N–H and O–H groups in total. The fourth-order valence-electron chi connectivity index (χ4n) is 1.35. The van der Waals surface area contributed by atoms with Crippen molar-refractivity contribution < 1.29 is 14.6 Å². The minimum Gasteiger partial charge on any atom is -0.507 e. The topological polar surface area (TPSA) is 38.7 Å². The summed E-state index contributed by atoms with van der Waals surface area (Å²) in [5.74, 6) is 0.922. The van der Waals surface area contributed by atoms with Crippen LogP contribution in [-0.2, 0) is 4.74 Å². The molecule has 76 valence electrons. The average molecular weight is 259 g/mol. The van der Waals surface area contributed by atoms with Crippen molar-refractivity contribution in [3.63, 3.8) is 0 Å². The van der Waals surface area contributed by atoms with Gasteiger partial charge < -0.3 is 14.6 Å². The van der Waals surface area contributed by atoms with E-state index in [-0.39, 0.29) is 12.0 Å². The van der Waals surface area contributed by atoms with Crippen molar-refractivity contribution >= 4 is 15.9 Å². The largest absolute Gasteiger partial charge is 0.507 e. The zero-order chi connectivity index (χ0) is 9.97. The van der Waals surface area contributed by atoms with Crippen molar-refractivity contribution in [3.8, 4) is 11.5 Å². The lowest BCUT2D eigenvalue weighted by Gasteiger charge is -2.12. The van der Waals surface area contributed by atoms with Gasteiger partial charge >= 0.3 is 0 Å².